The fourth-order valence-electron chi connectivity index (χ4n) is 3.24. The molecule has 0 atom stereocenters. The molecule has 0 fully saturated rings. The zero-order valence-electron chi connectivity index (χ0n) is 14.1. The number of rotatable bonds is 3. The number of aromatic nitrogens is 3. The number of nitrogens with zero attached hydrogens (tertiary/aromatic N) is 3. The van der Waals surface area contributed by atoms with Gasteiger partial charge in [-0.15, -0.1) is 0 Å². The molecule has 3 aromatic rings. The van der Waals surface area contributed by atoms with Crippen LogP contribution in [0.2, 0.25) is 0 Å². The summed E-state index contributed by atoms with van der Waals surface area (Å²) in [7, 11) is 0. The standard InChI is InChI=1S/C19H18BrN5O/c20-15-4-2-1-3-13(15)16-6-5-12(9-22-16)10-25-8-7-17-14(11-25)18(26)24-19(21)23-17/h1-6,9H,7-8,10-11H2,(H3,21,23,24,26). The fourth-order valence-corrected chi connectivity index (χ4v) is 3.73. The summed E-state index contributed by atoms with van der Waals surface area (Å²) >= 11 is 3.56. The minimum atomic E-state index is -0.139. The van der Waals surface area contributed by atoms with Gasteiger partial charge in [-0.2, -0.15) is 0 Å². The maximum absolute atomic E-state index is 12.1. The number of pyridine rings is 1. The van der Waals surface area contributed by atoms with E-state index in [1.165, 1.54) is 0 Å². The number of fused-ring (bicyclic) bond motifs is 1. The second-order valence-electron chi connectivity index (χ2n) is 6.37. The molecule has 7 heteroatoms. The predicted molar refractivity (Wildman–Crippen MR) is 104 cm³/mol. The number of benzene rings is 1. The van der Waals surface area contributed by atoms with E-state index in [2.05, 4.69) is 41.8 Å². The van der Waals surface area contributed by atoms with Gasteiger partial charge in [0.2, 0.25) is 5.95 Å². The van der Waals surface area contributed by atoms with Crippen molar-refractivity contribution in [1.29, 1.82) is 0 Å². The molecule has 3 heterocycles. The Bertz CT molecular complexity index is 1000. The Balaban J connectivity index is 1.50. The summed E-state index contributed by atoms with van der Waals surface area (Å²) in [6.07, 6.45) is 2.63. The molecular weight excluding hydrogens is 394 g/mol. The topological polar surface area (TPSA) is 87.9 Å². The van der Waals surface area contributed by atoms with Gasteiger partial charge in [-0.3, -0.25) is 19.7 Å². The Morgan fingerprint density at radius 3 is 2.85 bits per heavy atom. The van der Waals surface area contributed by atoms with E-state index in [9.17, 15) is 4.79 Å². The van der Waals surface area contributed by atoms with Gasteiger partial charge in [0.25, 0.3) is 5.56 Å². The first-order valence-corrected chi connectivity index (χ1v) is 9.19. The molecule has 0 amide bonds. The van der Waals surface area contributed by atoms with Crippen LogP contribution < -0.4 is 11.3 Å². The number of halogens is 1. The van der Waals surface area contributed by atoms with E-state index in [0.717, 1.165) is 46.5 Å². The number of nitrogens with one attached hydrogen (secondary N) is 1. The van der Waals surface area contributed by atoms with Gasteiger partial charge in [0.1, 0.15) is 0 Å². The molecule has 0 saturated heterocycles. The molecule has 0 radical (unpaired) electrons. The molecule has 0 unspecified atom stereocenters. The lowest BCUT2D eigenvalue weighted by atomic mass is 10.1. The summed E-state index contributed by atoms with van der Waals surface area (Å²) in [5.41, 5.74) is 10.1. The molecule has 2 aromatic heterocycles. The fraction of sp³-hybridized carbons (Fsp3) is 0.211. The van der Waals surface area contributed by atoms with Crippen molar-refractivity contribution in [3.05, 3.63) is 74.2 Å². The van der Waals surface area contributed by atoms with Gasteiger partial charge in [-0.05, 0) is 17.7 Å². The first-order valence-electron chi connectivity index (χ1n) is 8.40. The van der Waals surface area contributed by atoms with Gasteiger partial charge in [0.15, 0.2) is 0 Å². The van der Waals surface area contributed by atoms with Crippen molar-refractivity contribution < 1.29 is 0 Å². The van der Waals surface area contributed by atoms with Crippen LogP contribution in [0.5, 0.6) is 0 Å². The highest BCUT2D eigenvalue weighted by Crippen LogP contribution is 2.26. The molecule has 0 saturated carbocycles. The normalized spacial score (nSPS) is 14.2. The number of nitrogen functional groups attached to an aromatic ring is 1. The number of hydrogen-bond donors (Lipinski definition) is 2. The monoisotopic (exact) mass is 411 g/mol. The number of aromatic amines is 1. The zero-order chi connectivity index (χ0) is 18.1. The highest BCUT2D eigenvalue weighted by atomic mass is 79.9. The highest BCUT2D eigenvalue weighted by molar-refractivity contribution is 9.10. The van der Waals surface area contributed by atoms with Crippen LogP contribution in [0, 0.1) is 0 Å². The molecule has 0 spiro atoms. The Labute approximate surface area is 159 Å². The van der Waals surface area contributed by atoms with Gasteiger partial charge in [-0.25, -0.2) is 4.98 Å². The van der Waals surface area contributed by atoms with E-state index >= 15 is 0 Å². The van der Waals surface area contributed by atoms with Crippen molar-refractivity contribution in [2.75, 3.05) is 12.3 Å². The average molecular weight is 412 g/mol. The molecule has 3 N–H and O–H groups in total. The van der Waals surface area contributed by atoms with Crippen LogP contribution in [0.4, 0.5) is 5.95 Å². The van der Waals surface area contributed by atoms with Crippen LogP contribution in [-0.4, -0.2) is 26.4 Å². The van der Waals surface area contributed by atoms with E-state index in [-0.39, 0.29) is 11.5 Å². The maximum Gasteiger partial charge on any atom is 0.257 e. The van der Waals surface area contributed by atoms with Gasteiger partial charge in [-0.1, -0.05) is 40.2 Å². The third kappa shape index (κ3) is 3.40. The molecule has 0 bridgehead atoms. The van der Waals surface area contributed by atoms with Gasteiger partial charge in [0, 0.05) is 42.3 Å². The minimum Gasteiger partial charge on any atom is -0.369 e. The number of hydrogen-bond acceptors (Lipinski definition) is 5. The van der Waals surface area contributed by atoms with E-state index < -0.39 is 0 Å². The van der Waals surface area contributed by atoms with Crippen LogP contribution >= 0.6 is 15.9 Å². The maximum atomic E-state index is 12.1. The van der Waals surface area contributed by atoms with Crippen LogP contribution in [0.3, 0.4) is 0 Å². The summed E-state index contributed by atoms with van der Waals surface area (Å²) in [6, 6.07) is 12.2. The summed E-state index contributed by atoms with van der Waals surface area (Å²) < 4.78 is 1.03. The zero-order valence-corrected chi connectivity index (χ0v) is 15.7. The molecule has 132 valence electrons. The molecule has 6 nitrogen and oxygen atoms in total. The molecule has 26 heavy (non-hydrogen) atoms. The molecule has 1 aliphatic rings. The average Bonchev–Trinajstić information content (AvgIpc) is 2.63. The Morgan fingerprint density at radius 1 is 1.23 bits per heavy atom. The second-order valence-corrected chi connectivity index (χ2v) is 7.22. The van der Waals surface area contributed by atoms with Gasteiger partial charge in [0.05, 0.1) is 17.0 Å². The third-order valence-corrected chi connectivity index (χ3v) is 5.24. The Hall–Kier alpha value is -2.51. The summed E-state index contributed by atoms with van der Waals surface area (Å²) in [6.45, 7) is 2.16. The van der Waals surface area contributed by atoms with Crippen LogP contribution in [-0.2, 0) is 19.5 Å². The first kappa shape index (κ1) is 16.9. The van der Waals surface area contributed by atoms with E-state index in [1.54, 1.807) is 0 Å². The number of nitrogens with two attached hydrogens (primary N) is 1. The highest BCUT2D eigenvalue weighted by Gasteiger charge is 2.21. The van der Waals surface area contributed by atoms with Gasteiger partial charge < -0.3 is 5.73 Å². The molecule has 1 aliphatic heterocycles. The predicted octanol–water partition coefficient (Wildman–Crippen LogP) is 2.73. The van der Waals surface area contributed by atoms with Gasteiger partial charge >= 0.3 is 0 Å². The van der Waals surface area contributed by atoms with E-state index in [0.29, 0.717) is 12.1 Å². The van der Waals surface area contributed by atoms with E-state index in [1.807, 2.05) is 36.5 Å². The molecular formula is C19H18BrN5O. The van der Waals surface area contributed by atoms with Crippen molar-refractivity contribution in [2.45, 2.75) is 19.5 Å². The molecule has 4 rings (SSSR count). The van der Waals surface area contributed by atoms with Crippen molar-refractivity contribution in [2.24, 2.45) is 0 Å². The largest absolute Gasteiger partial charge is 0.369 e. The van der Waals surface area contributed by atoms with Crippen molar-refractivity contribution >= 4 is 21.9 Å². The third-order valence-electron chi connectivity index (χ3n) is 4.55. The van der Waals surface area contributed by atoms with Crippen molar-refractivity contribution in [3.8, 4) is 11.3 Å². The first-order chi connectivity index (χ1) is 12.6. The van der Waals surface area contributed by atoms with E-state index in [4.69, 9.17) is 5.73 Å². The lowest BCUT2D eigenvalue weighted by molar-refractivity contribution is 0.241. The number of anilines is 1. The Kier molecular flexibility index (Phi) is 4.57. The Morgan fingerprint density at radius 2 is 2.08 bits per heavy atom. The quantitative estimate of drug-likeness (QED) is 0.691. The summed E-state index contributed by atoms with van der Waals surface area (Å²) in [5.74, 6) is 0.189. The van der Waals surface area contributed by atoms with Crippen LogP contribution in [0.1, 0.15) is 16.8 Å². The van der Waals surface area contributed by atoms with Crippen LogP contribution in [0.25, 0.3) is 11.3 Å². The van der Waals surface area contributed by atoms with Crippen molar-refractivity contribution in [3.63, 3.8) is 0 Å². The minimum absolute atomic E-state index is 0.139. The second kappa shape index (κ2) is 7.01. The van der Waals surface area contributed by atoms with Crippen molar-refractivity contribution in [1.82, 2.24) is 19.9 Å². The number of H-pyrrole nitrogens is 1. The molecule has 0 aliphatic carbocycles. The summed E-state index contributed by atoms with van der Waals surface area (Å²) in [5, 5.41) is 0. The smallest absolute Gasteiger partial charge is 0.257 e. The lowest BCUT2D eigenvalue weighted by Gasteiger charge is -2.27. The van der Waals surface area contributed by atoms with Crippen LogP contribution in [0.15, 0.2) is 51.9 Å². The SMILES string of the molecule is Nc1nc2c(c(=O)[nH]1)CN(Cc1ccc(-c3ccccc3Br)nc1)CC2. The lowest BCUT2D eigenvalue weighted by Crippen LogP contribution is -2.35. The summed E-state index contributed by atoms with van der Waals surface area (Å²) in [4.78, 5) is 25.7. The molecule has 1 aromatic carbocycles.